The number of nitrogens with one attached hydrogen (secondary N) is 1. The van der Waals surface area contributed by atoms with Crippen LogP contribution in [0.1, 0.15) is 23.7 Å². The van der Waals surface area contributed by atoms with E-state index in [0.717, 1.165) is 18.2 Å². The molecule has 0 heterocycles. The lowest BCUT2D eigenvalue weighted by molar-refractivity contribution is -0.384. The Kier molecular flexibility index (Phi) is 4.81. The van der Waals surface area contributed by atoms with E-state index in [1.165, 1.54) is 0 Å². The number of carbonyl (C=O) groups is 1. The zero-order valence-electron chi connectivity index (χ0n) is 9.70. The lowest BCUT2D eigenvalue weighted by Gasteiger charge is -2.04. The van der Waals surface area contributed by atoms with Gasteiger partial charge in [-0.3, -0.25) is 14.9 Å². The maximum atomic E-state index is 13.3. The molecule has 1 rings (SSSR count). The highest BCUT2D eigenvalue weighted by Crippen LogP contribution is 2.16. The van der Waals surface area contributed by atoms with Crippen LogP contribution in [0.25, 0.3) is 0 Å². The first kappa shape index (κ1) is 13.6. The molecule has 1 aromatic carbocycles. The second-order valence-corrected chi connectivity index (χ2v) is 3.35. The molecular formula is C12H11FN2O3. The van der Waals surface area contributed by atoms with Crippen molar-refractivity contribution >= 4 is 11.6 Å². The molecule has 0 atom stereocenters. The second kappa shape index (κ2) is 6.35. The van der Waals surface area contributed by atoms with E-state index < -0.39 is 16.6 Å². The van der Waals surface area contributed by atoms with Crippen LogP contribution in [0.15, 0.2) is 18.2 Å². The number of nitro benzene ring substituents is 1. The van der Waals surface area contributed by atoms with Crippen molar-refractivity contribution in [3.8, 4) is 11.8 Å². The molecule has 0 unspecified atom stereocenters. The highest BCUT2D eigenvalue weighted by molar-refractivity contribution is 5.95. The van der Waals surface area contributed by atoms with E-state index >= 15 is 0 Å². The van der Waals surface area contributed by atoms with E-state index in [-0.39, 0.29) is 17.8 Å². The number of benzene rings is 1. The van der Waals surface area contributed by atoms with E-state index in [0.29, 0.717) is 6.42 Å². The Morgan fingerprint density at radius 2 is 2.28 bits per heavy atom. The van der Waals surface area contributed by atoms with Gasteiger partial charge in [-0.25, -0.2) is 4.39 Å². The Morgan fingerprint density at radius 1 is 1.56 bits per heavy atom. The predicted molar refractivity (Wildman–Crippen MR) is 63.5 cm³/mol. The Morgan fingerprint density at radius 3 is 2.89 bits per heavy atom. The number of amides is 1. The third-order valence-corrected chi connectivity index (χ3v) is 2.12. The summed E-state index contributed by atoms with van der Waals surface area (Å²) in [5, 5.41) is 13.0. The number of carbonyl (C=O) groups excluding carboxylic acids is 1. The average molecular weight is 250 g/mol. The zero-order chi connectivity index (χ0) is 13.5. The zero-order valence-corrected chi connectivity index (χ0v) is 9.70. The van der Waals surface area contributed by atoms with Gasteiger partial charge < -0.3 is 5.32 Å². The number of hydrogen-bond donors (Lipinski definition) is 1. The Bertz CT molecular complexity index is 532. The molecule has 18 heavy (non-hydrogen) atoms. The van der Waals surface area contributed by atoms with Gasteiger partial charge in [0, 0.05) is 25.1 Å². The van der Waals surface area contributed by atoms with Crippen molar-refractivity contribution < 1.29 is 14.1 Å². The smallest absolute Gasteiger partial charge is 0.270 e. The molecule has 0 fully saturated rings. The summed E-state index contributed by atoms with van der Waals surface area (Å²) in [7, 11) is 0. The van der Waals surface area contributed by atoms with Crippen LogP contribution in [0, 0.1) is 27.8 Å². The first-order valence-electron chi connectivity index (χ1n) is 5.18. The maximum Gasteiger partial charge on any atom is 0.270 e. The lowest BCUT2D eigenvalue weighted by Crippen LogP contribution is -2.25. The number of nitro groups is 1. The average Bonchev–Trinajstić information content (AvgIpc) is 2.34. The van der Waals surface area contributed by atoms with Gasteiger partial charge in [0.2, 0.25) is 0 Å². The van der Waals surface area contributed by atoms with Gasteiger partial charge in [-0.05, 0) is 13.0 Å². The SMILES string of the molecule is CC#CCCNC(=O)c1cc([N+](=O)[O-])ccc1F. The summed E-state index contributed by atoms with van der Waals surface area (Å²) < 4.78 is 13.3. The molecule has 0 saturated carbocycles. The summed E-state index contributed by atoms with van der Waals surface area (Å²) in [4.78, 5) is 21.4. The molecule has 6 heteroatoms. The quantitative estimate of drug-likeness (QED) is 0.384. The second-order valence-electron chi connectivity index (χ2n) is 3.35. The third kappa shape index (κ3) is 3.56. The summed E-state index contributed by atoms with van der Waals surface area (Å²) >= 11 is 0. The van der Waals surface area contributed by atoms with Gasteiger partial charge in [0.25, 0.3) is 11.6 Å². The fraction of sp³-hybridized carbons (Fsp3) is 0.250. The fourth-order valence-corrected chi connectivity index (χ4v) is 1.26. The standard InChI is InChI=1S/C12H11FN2O3/c1-2-3-4-7-14-12(16)10-8-9(15(17)18)5-6-11(10)13/h5-6,8H,4,7H2,1H3,(H,14,16). The number of rotatable bonds is 4. The number of hydrogen-bond acceptors (Lipinski definition) is 3. The minimum atomic E-state index is -0.792. The molecule has 0 aromatic heterocycles. The van der Waals surface area contributed by atoms with Crippen molar-refractivity contribution in [3.05, 3.63) is 39.7 Å². The van der Waals surface area contributed by atoms with Crippen molar-refractivity contribution in [2.75, 3.05) is 6.54 Å². The summed E-state index contributed by atoms with van der Waals surface area (Å²) in [6, 6.07) is 2.82. The van der Waals surface area contributed by atoms with Gasteiger partial charge in [-0.2, -0.15) is 0 Å². The van der Waals surface area contributed by atoms with Crippen LogP contribution in [-0.4, -0.2) is 17.4 Å². The monoisotopic (exact) mass is 250 g/mol. The van der Waals surface area contributed by atoms with Crippen molar-refractivity contribution in [3.63, 3.8) is 0 Å². The lowest BCUT2D eigenvalue weighted by atomic mass is 10.1. The molecular weight excluding hydrogens is 239 g/mol. The molecule has 0 aliphatic heterocycles. The van der Waals surface area contributed by atoms with E-state index in [2.05, 4.69) is 17.2 Å². The normalized spacial score (nSPS) is 9.22. The molecule has 1 amide bonds. The van der Waals surface area contributed by atoms with Gasteiger partial charge in [-0.15, -0.1) is 11.8 Å². The van der Waals surface area contributed by atoms with Gasteiger partial charge in [0.1, 0.15) is 5.82 Å². The van der Waals surface area contributed by atoms with Crippen LogP contribution in [-0.2, 0) is 0 Å². The summed E-state index contributed by atoms with van der Waals surface area (Å²) in [5.41, 5.74) is -0.663. The fourth-order valence-electron chi connectivity index (χ4n) is 1.26. The predicted octanol–water partition coefficient (Wildman–Crippen LogP) is 1.88. The highest BCUT2D eigenvalue weighted by atomic mass is 19.1. The molecule has 0 bridgehead atoms. The molecule has 94 valence electrons. The number of halogens is 1. The third-order valence-electron chi connectivity index (χ3n) is 2.12. The topological polar surface area (TPSA) is 72.2 Å². The van der Waals surface area contributed by atoms with Crippen LogP contribution in [0.4, 0.5) is 10.1 Å². The molecule has 0 aliphatic rings. The van der Waals surface area contributed by atoms with E-state index in [9.17, 15) is 19.3 Å². The molecule has 5 nitrogen and oxygen atoms in total. The van der Waals surface area contributed by atoms with Crippen LogP contribution < -0.4 is 5.32 Å². The number of non-ortho nitro benzene ring substituents is 1. The van der Waals surface area contributed by atoms with E-state index in [1.54, 1.807) is 6.92 Å². The van der Waals surface area contributed by atoms with Crippen molar-refractivity contribution in [2.45, 2.75) is 13.3 Å². The summed E-state index contributed by atoms with van der Waals surface area (Å²) in [5.74, 6) is 3.91. The van der Waals surface area contributed by atoms with Crippen molar-refractivity contribution in [2.24, 2.45) is 0 Å². The Balaban J connectivity index is 2.80. The van der Waals surface area contributed by atoms with Gasteiger partial charge in [0.05, 0.1) is 10.5 Å². The molecule has 0 radical (unpaired) electrons. The van der Waals surface area contributed by atoms with Crippen LogP contribution in [0.3, 0.4) is 0 Å². The molecule has 1 N–H and O–H groups in total. The number of nitrogens with zero attached hydrogens (tertiary/aromatic N) is 1. The minimum absolute atomic E-state index is 0.266. The van der Waals surface area contributed by atoms with Gasteiger partial charge >= 0.3 is 0 Å². The molecule has 0 saturated heterocycles. The highest BCUT2D eigenvalue weighted by Gasteiger charge is 2.16. The molecule has 0 spiro atoms. The first-order valence-corrected chi connectivity index (χ1v) is 5.18. The molecule has 1 aromatic rings. The van der Waals surface area contributed by atoms with Crippen LogP contribution in [0.5, 0.6) is 0 Å². The van der Waals surface area contributed by atoms with Crippen LogP contribution in [0.2, 0.25) is 0 Å². The minimum Gasteiger partial charge on any atom is -0.351 e. The molecule has 0 aliphatic carbocycles. The van der Waals surface area contributed by atoms with Gasteiger partial charge in [0.15, 0.2) is 0 Å². The van der Waals surface area contributed by atoms with Gasteiger partial charge in [-0.1, -0.05) is 0 Å². The Labute approximate surface area is 103 Å². The van der Waals surface area contributed by atoms with Crippen LogP contribution >= 0.6 is 0 Å². The summed E-state index contributed by atoms with van der Waals surface area (Å²) in [6.07, 6.45) is 0.443. The first-order chi connectivity index (χ1) is 8.56. The Hall–Kier alpha value is -2.42. The largest absolute Gasteiger partial charge is 0.351 e. The van der Waals surface area contributed by atoms with E-state index in [1.807, 2.05) is 0 Å². The van der Waals surface area contributed by atoms with Crippen molar-refractivity contribution in [1.82, 2.24) is 5.32 Å². The summed E-state index contributed by atoms with van der Waals surface area (Å²) in [6.45, 7) is 1.93. The maximum absolute atomic E-state index is 13.3. The van der Waals surface area contributed by atoms with Crippen molar-refractivity contribution in [1.29, 1.82) is 0 Å². The van der Waals surface area contributed by atoms with E-state index in [4.69, 9.17) is 0 Å².